The quantitative estimate of drug-likeness (QED) is 0.759. The highest BCUT2D eigenvalue weighted by molar-refractivity contribution is 5.81. The third-order valence-electron chi connectivity index (χ3n) is 3.03. The Balaban J connectivity index is 1.95. The molecule has 0 aliphatic carbocycles. The van der Waals surface area contributed by atoms with E-state index in [9.17, 15) is 14.3 Å². The number of phenols is 1. The van der Waals surface area contributed by atoms with Gasteiger partial charge in [0.05, 0.1) is 6.04 Å². The minimum absolute atomic E-state index is 0.00637. The maximum absolute atomic E-state index is 13.1. The number of aromatic hydroxyl groups is 1. The van der Waals surface area contributed by atoms with Crippen molar-refractivity contribution >= 4 is 5.91 Å². The Kier molecular flexibility index (Phi) is 4.15. The molecule has 0 spiro atoms. The van der Waals surface area contributed by atoms with Crippen LogP contribution in [0.2, 0.25) is 0 Å². The number of rotatable bonds is 3. The van der Waals surface area contributed by atoms with Gasteiger partial charge < -0.3 is 15.7 Å². The number of phenolic OH excluding ortho intramolecular Hbond substituents is 1. The Labute approximate surface area is 105 Å². The smallest absolute Gasteiger partial charge is 0.237 e. The first kappa shape index (κ1) is 12.8. The average molecular weight is 252 g/mol. The molecule has 1 unspecified atom stereocenters. The second-order valence-electron chi connectivity index (χ2n) is 4.54. The number of carbonyl (C=O) groups is 1. The third-order valence-corrected chi connectivity index (χ3v) is 3.03. The van der Waals surface area contributed by atoms with Gasteiger partial charge in [0.25, 0.3) is 0 Å². The zero-order valence-electron chi connectivity index (χ0n) is 10.1. The normalized spacial score (nSPS) is 20.3. The van der Waals surface area contributed by atoms with Crippen molar-refractivity contribution in [2.45, 2.75) is 31.8 Å². The molecule has 0 bridgehead atoms. The predicted octanol–water partition coefficient (Wildman–Crippen LogP) is 1.29. The monoisotopic (exact) mass is 252 g/mol. The minimum Gasteiger partial charge on any atom is -0.508 e. The van der Waals surface area contributed by atoms with Gasteiger partial charge in [-0.2, -0.15) is 0 Å². The largest absolute Gasteiger partial charge is 0.508 e. The summed E-state index contributed by atoms with van der Waals surface area (Å²) in [6.07, 6.45) is 2.77. The highest BCUT2D eigenvalue weighted by Crippen LogP contribution is 2.15. The van der Waals surface area contributed by atoms with Crippen molar-refractivity contribution in [1.29, 1.82) is 0 Å². The molecule has 1 aromatic rings. The lowest BCUT2D eigenvalue weighted by Gasteiger charge is -2.15. The molecular weight excluding hydrogens is 235 g/mol. The summed E-state index contributed by atoms with van der Waals surface area (Å²) in [5.74, 6) is -0.581. The van der Waals surface area contributed by atoms with Gasteiger partial charge in [-0.05, 0) is 37.0 Å². The van der Waals surface area contributed by atoms with Crippen LogP contribution in [0.4, 0.5) is 4.39 Å². The highest BCUT2D eigenvalue weighted by Gasteiger charge is 2.19. The van der Waals surface area contributed by atoms with Crippen molar-refractivity contribution in [2.75, 3.05) is 6.54 Å². The Morgan fingerprint density at radius 3 is 3.00 bits per heavy atom. The van der Waals surface area contributed by atoms with Crippen LogP contribution in [0, 0.1) is 5.82 Å². The van der Waals surface area contributed by atoms with E-state index in [0.717, 1.165) is 31.9 Å². The van der Waals surface area contributed by atoms with Crippen LogP contribution in [-0.4, -0.2) is 23.6 Å². The molecule has 1 amide bonds. The van der Waals surface area contributed by atoms with E-state index in [0.29, 0.717) is 12.1 Å². The van der Waals surface area contributed by atoms with Gasteiger partial charge in [0.1, 0.15) is 11.6 Å². The lowest BCUT2D eigenvalue weighted by atomic mass is 10.1. The maximum Gasteiger partial charge on any atom is 0.237 e. The van der Waals surface area contributed by atoms with Crippen molar-refractivity contribution in [3.8, 4) is 5.75 Å². The van der Waals surface area contributed by atoms with Gasteiger partial charge in [-0.15, -0.1) is 0 Å². The van der Waals surface area contributed by atoms with E-state index in [1.54, 1.807) is 0 Å². The van der Waals surface area contributed by atoms with E-state index in [1.165, 1.54) is 12.1 Å². The summed E-state index contributed by atoms with van der Waals surface area (Å²) in [5, 5.41) is 15.2. The van der Waals surface area contributed by atoms with Gasteiger partial charge in [0, 0.05) is 19.2 Å². The standard InChI is InChI=1S/C13H17FN2O2/c14-10-5-9(6-11(17)7-10)8-16-12-3-1-2-4-15-13(12)18/h5-7,12,16-17H,1-4,8H2,(H,15,18). The van der Waals surface area contributed by atoms with Gasteiger partial charge in [-0.25, -0.2) is 4.39 Å². The molecule has 1 saturated heterocycles. The van der Waals surface area contributed by atoms with Crippen LogP contribution in [-0.2, 0) is 11.3 Å². The zero-order chi connectivity index (χ0) is 13.0. The summed E-state index contributed by atoms with van der Waals surface area (Å²) in [4.78, 5) is 11.7. The molecule has 0 radical (unpaired) electrons. The number of halogens is 1. The Hall–Kier alpha value is -1.62. The summed E-state index contributed by atoms with van der Waals surface area (Å²) in [6, 6.07) is 3.66. The number of hydrogen-bond acceptors (Lipinski definition) is 3. The molecule has 1 fully saturated rings. The Morgan fingerprint density at radius 1 is 1.39 bits per heavy atom. The van der Waals surface area contributed by atoms with Crippen molar-refractivity contribution < 1.29 is 14.3 Å². The third kappa shape index (κ3) is 3.43. The van der Waals surface area contributed by atoms with E-state index in [-0.39, 0.29) is 17.7 Å². The highest BCUT2D eigenvalue weighted by atomic mass is 19.1. The molecular formula is C13H17FN2O2. The lowest BCUT2D eigenvalue weighted by Crippen LogP contribution is -2.42. The van der Waals surface area contributed by atoms with E-state index in [4.69, 9.17) is 0 Å². The van der Waals surface area contributed by atoms with Crippen LogP contribution in [0.5, 0.6) is 5.75 Å². The fraction of sp³-hybridized carbons (Fsp3) is 0.462. The topological polar surface area (TPSA) is 61.4 Å². The van der Waals surface area contributed by atoms with E-state index in [1.807, 2.05) is 0 Å². The van der Waals surface area contributed by atoms with Gasteiger partial charge >= 0.3 is 0 Å². The SMILES string of the molecule is O=C1NCCCCC1NCc1cc(O)cc(F)c1. The van der Waals surface area contributed by atoms with Crippen LogP contribution in [0.3, 0.4) is 0 Å². The second kappa shape index (κ2) is 5.82. The molecule has 2 rings (SSSR count). The van der Waals surface area contributed by atoms with Gasteiger partial charge in [0.15, 0.2) is 0 Å². The summed E-state index contributed by atoms with van der Waals surface area (Å²) in [6.45, 7) is 1.08. The molecule has 3 N–H and O–H groups in total. The van der Waals surface area contributed by atoms with Crippen molar-refractivity contribution in [3.63, 3.8) is 0 Å². The summed E-state index contributed by atoms with van der Waals surface area (Å²) in [7, 11) is 0. The second-order valence-corrected chi connectivity index (χ2v) is 4.54. The first-order valence-corrected chi connectivity index (χ1v) is 6.15. The molecule has 4 nitrogen and oxygen atoms in total. The molecule has 1 aromatic carbocycles. The molecule has 0 aromatic heterocycles. The van der Waals surface area contributed by atoms with E-state index < -0.39 is 5.82 Å². The fourth-order valence-corrected chi connectivity index (χ4v) is 2.11. The molecule has 1 aliphatic heterocycles. The minimum atomic E-state index is -0.475. The number of amides is 1. The molecule has 1 atom stereocenters. The summed E-state index contributed by atoms with van der Waals surface area (Å²) >= 11 is 0. The molecule has 98 valence electrons. The molecule has 1 aliphatic rings. The van der Waals surface area contributed by atoms with Gasteiger partial charge in [-0.3, -0.25) is 4.79 Å². The van der Waals surface area contributed by atoms with Crippen molar-refractivity contribution in [2.24, 2.45) is 0 Å². The van der Waals surface area contributed by atoms with E-state index >= 15 is 0 Å². The first-order valence-electron chi connectivity index (χ1n) is 6.15. The lowest BCUT2D eigenvalue weighted by molar-refractivity contribution is -0.122. The number of hydrogen-bond donors (Lipinski definition) is 3. The molecule has 18 heavy (non-hydrogen) atoms. The van der Waals surface area contributed by atoms with Crippen LogP contribution in [0.25, 0.3) is 0 Å². The summed E-state index contributed by atoms with van der Waals surface area (Å²) < 4.78 is 13.1. The fourth-order valence-electron chi connectivity index (χ4n) is 2.11. The van der Waals surface area contributed by atoms with Crippen LogP contribution < -0.4 is 10.6 Å². The van der Waals surface area contributed by atoms with Crippen LogP contribution >= 0.6 is 0 Å². The first-order chi connectivity index (χ1) is 8.65. The van der Waals surface area contributed by atoms with Crippen molar-refractivity contribution in [3.05, 3.63) is 29.6 Å². The Bertz CT molecular complexity index is 417. The van der Waals surface area contributed by atoms with E-state index in [2.05, 4.69) is 10.6 Å². The zero-order valence-corrected chi connectivity index (χ0v) is 10.1. The van der Waals surface area contributed by atoms with Crippen molar-refractivity contribution in [1.82, 2.24) is 10.6 Å². The molecule has 0 saturated carbocycles. The number of nitrogens with one attached hydrogen (secondary N) is 2. The molecule has 5 heteroatoms. The summed E-state index contributed by atoms with van der Waals surface area (Å²) in [5.41, 5.74) is 0.629. The van der Waals surface area contributed by atoms with Gasteiger partial charge in [0.2, 0.25) is 5.91 Å². The van der Waals surface area contributed by atoms with Crippen LogP contribution in [0.15, 0.2) is 18.2 Å². The van der Waals surface area contributed by atoms with Crippen LogP contribution in [0.1, 0.15) is 24.8 Å². The maximum atomic E-state index is 13.1. The predicted molar refractivity (Wildman–Crippen MR) is 65.6 cm³/mol. The average Bonchev–Trinajstić information content (AvgIpc) is 2.50. The molecule has 1 heterocycles. The van der Waals surface area contributed by atoms with Gasteiger partial charge in [-0.1, -0.05) is 0 Å². The Morgan fingerprint density at radius 2 is 2.22 bits per heavy atom. The number of carbonyl (C=O) groups excluding carboxylic acids is 1. The number of benzene rings is 1.